The normalized spacial score (nSPS) is 10.7. The van der Waals surface area contributed by atoms with E-state index in [4.69, 9.17) is 0 Å². The Balaban J connectivity index is 2.05. The fourth-order valence-electron chi connectivity index (χ4n) is 1.72. The Morgan fingerprint density at radius 2 is 2.24 bits per heavy atom. The van der Waals surface area contributed by atoms with Crippen LogP contribution in [0.15, 0.2) is 18.6 Å². The van der Waals surface area contributed by atoms with Gasteiger partial charge in [-0.1, -0.05) is 6.92 Å². The van der Waals surface area contributed by atoms with Gasteiger partial charge in [0, 0.05) is 36.4 Å². The van der Waals surface area contributed by atoms with Gasteiger partial charge >= 0.3 is 0 Å². The first-order valence-corrected chi connectivity index (χ1v) is 6.83. The van der Waals surface area contributed by atoms with Gasteiger partial charge in [-0.3, -0.25) is 0 Å². The highest BCUT2D eigenvalue weighted by Gasteiger charge is 2.05. The average Bonchev–Trinajstić information content (AvgIpc) is 2.91. The lowest BCUT2D eigenvalue weighted by Crippen LogP contribution is -2.02. The second-order valence-corrected chi connectivity index (χ2v) is 5.00. The Morgan fingerprint density at radius 3 is 3.00 bits per heavy atom. The summed E-state index contributed by atoms with van der Waals surface area (Å²) >= 11 is 1.71. The molecule has 92 valence electrons. The van der Waals surface area contributed by atoms with Crippen LogP contribution < -0.4 is 5.32 Å². The largest absolute Gasteiger partial charge is 0.362 e. The minimum absolute atomic E-state index is 0.873. The molecule has 2 aromatic heterocycles. The zero-order valence-corrected chi connectivity index (χ0v) is 11.1. The van der Waals surface area contributed by atoms with Crippen LogP contribution in [0.1, 0.15) is 31.0 Å². The fourth-order valence-corrected chi connectivity index (χ4v) is 2.60. The van der Waals surface area contributed by atoms with Crippen LogP contribution in [0.2, 0.25) is 0 Å². The number of hydrogen-bond acceptors (Lipinski definition) is 4. The van der Waals surface area contributed by atoms with Gasteiger partial charge in [0.25, 0.3) is 0 Å². The van der Waals surface area contributed by atoms with Gasteiger partial charge in [-0.05, 0) is 13.3 Å². The predicted molar refractivity (Wildman–Crippen MR) is 71.6 cm³/mol. The van der Waals surface area contributed by atoms with E-state index >= 15 is 0 Å². The van der Waals surface area contributed by atoms with E-state index in [1.165, 1.54) is 4.88 Å². The molecule has 1 N–H and O–H groups in total. The number of thiazole rings is 1. The number of anilines is 1. The Bertz CT molecular complexity index is 461. The zero-order valence-electron chi connectivity index (χ0n) is 10.3. The van der Waals surface area contributed by atoms with E-state index < -0.39 is 0 Å². The molecule has 0 atom stereocenters. The first kappa shape index (κ1) is 12.1. The molecular formula is C12H18N4S. The molecule has 0 saturated carbocycles. The van der Waals surface area contributed by atoms with E-state index in [9.17, 15) is 0 Å². The molecule has 0 saturated heterocycles. The standard InChI is InChI=1S/C12H18N4S/c1-3-5-11-14-6-7-16(11)9-10-8-15-12(17-10)13-4-2/h6-8H,3-5,9H2,1-2H3,(H,13,15). The van der Waals surface area contributed by atoms with E-state index in [0.29, 0.717) is 0 Å². The Labute approximate surface area is 106 Å². The number of nitrogens with one attached hydrogen (secondary N) is 1. The molecule has 5 heteroatoms. The van der Waals surface area contributed by atoms with Crippen molar-refractivity contribution < 1.29 is 0 Å². The van der Waals surface area contributed by atoms with Crippen molar-refractivity contribution in [2.24, 2.45) is 0 Å². The van der Waals surface area contributed by atoms with E-state index in [0.717, 1.165) is 36.9 Å². The molecule has 4 nitrogen and oxygen atoms in total. The zero-order chi connectivity index (χ0) is 12.1. The molecule has 2 heterocycles. The van der Waals surface area contributed by atoms with Gasteiger partial charge in [-0.2, -0.15) is 0 Å². The lowest BCUT2D eigenvalue weighted by Gasteiger charge is -2.04. The molecule has 0 aliphatic rings. The summed E-state index contributed by atoms with van der Waals surface area (Å²) < 4.78 is 2.20. The van der Waals surface area contributed by atoms with E-state index in [-0.39, 0.29) is 0 Å². The molecule has 0 fully saturated rings. The van der Waals surface area contributed by atoms with Gasteiger partial charge in [0.15, 0.2) is 5.13 Å². The van der Waals surface area contributed by atoms with Crippen LogP contribution in [-0.2, 0) is 13.0 Å². The monoisotopic (exact) mass is 250 g/mol. The molecular weight excluding hydrogens is 232 g/mol. The first-order valence-electron chi connectivity index (χ1n) is 6.02. The van der Waals surface area contributed by atoms with Crippen LogP contribution in [0.4, 0.5) is 5.13 Å². The molecule has 17 heavy (non-hydrogen) atoms. The number of hydrogen-bond donors (Lipinski definition) is 1. The molecule has 0 bridgehead atoms. The van der Waals surface area contributed by atoms with Crippen LogP contribution in [-0.4, -0.2) is 21.1 Å². The quantitative estimate of drug-likeness (QED) is 0.857. The Hall–Kier alpha value is -1.36. The van der Waals surface area contributed by atoms with E-state index in [1.54, 1.807) is 11.3 Å². The van der Waals surface area contributed by atoms with Crippen LogP contribution in [0.3, 0.4) is 0 Å². The molecule has 0 spiro atoms. The fraction of sp³-hybridized carbons (Fsp3) is 0.500. The SMILES string of the molecule is CCCc1nccn1Cc1cnc(NCC)s1. The predicted octanol–water partition coefficient (Wildman–Crippen LogP) is 2.77. The number of aromatic nitrogens is 3. The van der Waals surface area contributed by atoms with E-state index in [2.05, 4.69) is 33.7 Å². The van der Waals surface area contributed by atoms with Crippen molar-refractivity contribution in [1.82, 2.24) is 14.5 Å². The molecule has 0 aliphatic heterocycles. The van der Waals surface area contributed by atoms with Crippen molar-refractivity contribution in [2.75, 3.05) is 11.9 Å². The van der Waals surface area contributed by atoms with Crippen LogP contribution in [0.25, 0.3) is 0 Å². The molecule has 0 unspecified atom stereocenters. The topological polar surface area (TPSA) is 42.7 Å². The minimum Gasteiger partial charge on any atom is -0.362 e. The summed E-state index contributed by atoms with van der Waals surface area (Å²) in [5, 5.41) is 4.23. The summed E-state index contributed by atoms with van der Waals surface area (Å²) in [6.45, 7) is 6.04. The summed E-state index contributed by atoms with van der Waals surface area (Å²) in [5.74, 6) is 1.16. The lowest BCUT2D eigenvalue weighted by molar-refractivity contribution is 0.710. The minimum atomic E-state index is 0.873. The second kappa shape index (κ2) is 5.82. The van der Waals surface area contributed by atoms with Gasteiger partial charge in [-0.25, -0.2) is 9.97 Å². The second-order valence-electron chi connectivity index (χ2n) is 3.88. The molecule has 0 aliphatic carbocycles. The van der Waals surface area contributed by atoms with Crippen molar-refractivity contribution >= 4 is 16.5 Å². The molecule has 2 rings (SSSR count). The maximum atomic E-state index is 4.38. The van der Waals surface area contributed by atoms with E-state index in [1.807, 2.05) is 18.6 Å². The van der Waals surface area contributed by atoms with Gasteiger partial charge in [0.1, 0.15) is 5.82 Å². The lowest BCUT2D eigenvalue weighted by atomic mass is 10.3. The van der Waals surface area contributed by atoms with Gasteiger partial charge in [0.2, 0.25) is 0 Å². The molecule has 0 amide bonds. The average molecular weight is 250 g/mol. The molecule has 2 aromatic rings. The third-order valence-corrected chi connectivity index (χ3v) is 3.42. The smallest absolute Gasteiger partial charge is 0.182 e. The summed E-state index contributed by atoms with van der Waals surface area (Å²) in [4.78, 5) is 9.97. The third kappa shape index (κ3) is 3.06. The number of imidazole rings is 1. The highest BCUT2D eigenvalue weighted by molar-refractivity contribution is 7.15. The third-order valence-electron chi connectivity index (χ3n) is 2.48. The maximum Gasteiger partial charge on any atom is 0.182 e. The summed E-state index contributed by atoms with van der Waals surface area (Å²) in [6.07, 6.45) is 8.02. The Kier molecular flexibility index (Phi) is 4.14. The van der Waals surface area contributed by atoms with Crippen LogP contribution >= 0.6 is 11.3 Å². The number of rotatable bonds is 6. The van der Waals surface area contributed by atoms with Crippen molar-refractivity contribution in [3.8, 4) is 0 Å². The van der Waals surface area contributed by atoms with Crippen molar-refractivity contribution in [3.05, 3.63) is 29.3 Å². The highest BCUT2D eigenvalue weighted by atomic mass is 32.1. The van der Waals surface area contributed by atoms with Crippen LogP contribution in [0.5, 0.6) is 0 Å². The van der Waals surface area contributed by atoms with Gasteiger partial charge < -0.3 is 9.88 Å². The highest BCUT2D eigenvalue weighted by Crippen LogP contribution is 2.19. The maximum absolute atomic E-state index is 4.38. The van der Waals surface area contributed by atoms with Crippen molar-refractivity contribution in [3.63, 3.8) is 0 Å². The summed E-state index contributed by atoms with van der Waals surface area (Å²) in [7, 11) is 0. The Morgan fingerprint density at radius 1 is 1.35 bits per heavy atom. The van der Waals surface area contributed by atoms with Gasteiger partial charge in [0.05, 0.1) is 6.54 Å². The summed E-state index contributed by atoms with van der Waals surface area (Å²) in [6, 6.07) is 0. The number of nitrogens with zero attached hydrogens (tertiary/aromatic N) is 3. The first-order chi connectivity index (χ1) is 8.33. The number of aryl methyl sites for hydroxylation is 1. The van der Waals surface area contributed by atoms with Crippen LogP contribution in [0, 0.1) is 0 Å². The molecule has 0 aromatic carbocycles. The summed E-state index contributed by atoms with van der Waals surface area (Å²) in [5.41, 5.74) is 0. The van der Waals surface area contributed by atoms with Gasteiger partial charge in [-0.15, -0.1) is 11.3 Å². The molecule has 0 radical (unpaired) electrons. The van der Waals surface area contributed by atoms with Crippen molar-refractivity contribution in [2.45, 2.75) is 33.2 Å². The van der Waals surface area contributed by atoms with Crippen molar-refractivity contribution in [1.29, 1.82) is 0 Å².